The number of H-pyrrole nitrogens is 1. The number of nitrogens with zero attached hydrogens (tertiary/aromatic N) is 1. The van der Waals surface area contributed by atoms with E-state index < -0.39 is 0 Å². The van der Waals surface area contributed by atoms with Gasteiger partial charge in [0.2, 0.25) is 0 Å². The van der Waals surface area contributed by atoms with E-state index >= 15 is 0 Å². The molecule has 3 heterocycles. The lowest BCUT2D eigenvalue weighted by Crippen LogP contribution is -2.21. The van der Waals surface area contributed by atoms with Gasteiger partial charge in [-0.05, 0) is 97.7 Å². The highest BCUT2D eigenvalue weighted by Gasteiger charge is 2.38. The first-order valence-corrected chi connectivity index (χ1v) is 12.1. The van der Waals surface area contributed by atoms with E-state index in [1.807, 2.05) is 7.05 Å². The number of hydrogen-bond donors (Lipinski definition) is 2. The lowest BCUT2D eigenvalue weighted by Gasteiger charge is -2.15. The molecule has 0 bridgehead atoms. The van der Waals surface area contributed by atoms with Crippen LogP contribution in [0.4, 0.5) is 0 Å². The fourth-order valence-corrected chi connectivity index (χ4v) is 6.77. The van der Waals surface area contributed by atoms with E-state index in [1.165, 1.54) is 64.8 Å². The predicted octanol–water partition coefficient (Wildman–Crippen LogP) is 4.86. The predicted molar refractivity (Wildman–Crippen MR) is 127 cm³/mol. The molecule has 0 radical (unpaired) electrons. The van der Waals surface area contributed by atoms with Gasteiger partial charge in [0.1, 0.15) is 0 Å². The standard InChI is InChI=1S/C27H33N3O/c1-15(2)25-22-11-16(17-9-18-12-28-13-19(18)10-17)7-8-24(22)29-26(25)23-14-30(3)27(31)21-6-4-5-20(21)23/h7-8,11,14-15,17-19,28-29H,4-6,9-10,12-13H2,1-3H3. The third kappa shape index (κ3) is 2.95. The normalized spacial score (nSPS) is 25.0. The highest BCUT2D eigenvalue weighted by molar-refractivity contribution is 5.92. The molecule has 2 aliphatic carbocycles. The van der Waals surface area contributed by atoms with E-state index in [0.717, 1.165) is 36.7 Å². The van der Waals surface area contributed by atoms with E-state index in [2.05, 4.69) is 48.5 Å². The highest BCUT2D eigenvalue weighted by atomic mass is 16.1. The molecule has 2 atom stereocenters. The van der Waals surface area contributed by atoms with E-state index in [4.69, 9.17) is 0 Å². The smallest absolute Gasteiger partial charge is 0.253 e. The second-order valence-corrected chi connectivity index (χ2v) is 10.5. The summed E-state index contributed by atoms with van der Waals surface area (Å²) in [5.41, 5.74) is 9.09. The molecule has 0 amide bonds. The summed E-state index contributed by atoms with van der Waals surface area (Å²) in [5, 5.41) is 4.94. The zero-order chi connectivity index (χ0) is 21.3. The van der Waals surface area contributed by atoms with Crippen LogP contribution in [0.1, 0.15) is 67.2 Å². The van der Waals surface area contributed by atoms with Crippen molar-refractivity contribution in [2.24, 2.45) is 18.9 Å². The summed E-state index contributed by atoms with van der Waals surface area (Å²) in [4.78, 5) is 16.4. The third-order valence-electron chi connectivity index (χ3n) is 8.28. The van der Waals surface area contributed by atoms with Crippen LogP contribution < -0.4 is 10.9 Å². The molecular formula is C27H33N3O. The number of fused-ring (bicyclic) bond motifs is 3. The molecule has 31 heavy (non-hydrogen) atoms. The third-order valence-corrected chi connectivity index (χ3v) is 8.28. The van der Waals surface area contributed by atoms with Gasteiger partial charge in [-0.3, -0.25) is 4.79 Å². The second kappa shape index (κ2) is 7.09. The maximum Gasteiger partial charge on any atom is 0.253 e. The van der Waals surface area contributed by atoms with Gasteiger partial charge in [-0.2, -0.15) is 0 Å². The van der Waals surface area contributed by atoms with Crippen molar-refractivity contribution in [2.75, 3.05) is 13.1 Å². The Labute approximate surface area is 184 Å². The molecule has 2 unspecified atom stereocenters. The lowest BCUT2D eigenvalue weighted by atomic mass is 9.90. The molecule has 1 aliphatic heterocycles. The van der Waals surface area contributed by atoms with Crippen molar-refractivity contribution in [3.05, 3.63) is 57.0 Å². The fourth-order valence-electron chi connectivity index (χ4n) is 6.77. The first kappa shape index (κ1) is 19.4. The Kier molecular flexibility index (Phi) is 4.43. The van der Waals surface area contributed by atoms with Gasteiger partial charge in [-0.1, -0.05) is 19.9 Å². The van der Waals surface area contributed by atoms with Crippen LogP contribution in [0, 0.1) is 11.8 Å². The molecule has 0 spiro atoms. The minimum Gasteiger partial charge on any atom is -0.354 e. The maximum atomic E-state index is 12.7. The van der Waals surface area contributed by atoms with Crippen molar-refractivity contribution >= 4 is 10.9 Å². The minimum atomic E-state index is 0.182. The molecule has 4 nitrogen and oxygen atoms in total. The van der Waals surface area contributed by atoms with Crippen LogP contribution in [-0.4, -0.2) is 22.6 Å². The van der Waals surface area contributed by atoms with E-state index in [-0.39, 0.29) is 5.56 Å². The van der Waals surface area contributed by atoms with Crippen LogP contribution in [0.2, 0.25) is 0 Å². The van der Waals surface area contributed by atoms with Gasteiger partial charge in [-0.25, -0.2) is 0 Å². The van der Waals surface area contributed by atoms with Crippen molar-refractivity contribution in [1.82, 2.24) is 14.9 Å². The Morgan fingerprint density at radius 3 is 2.55 bits per heavy atom. The molecule has 1 saturated carbocycles. The SMILES string of the molecule is CC(C)c1c(-c2cn(C)c(=O)c3c2CCC3)[nH]c2ccc(C3CC4CNCC4C3)cc12. The number of benzene rings is 1. The molecule has 2 N–H and O–H groups in total. The molecule has 1 aromatic carbocycles. The molecule has 2 fully saturated rings. The van der Waals surface area contributed by atoms with Gasteiger partial charge >= 0.3 is 0 Å². The molecule has 3 aliphatic rings. The fraction of sp³-hybridized carbons (Fsp3) is 0.519. The Morgan fingerprint density at radius 2 is 1.81 bits per heavy atom. The molecule has 4 heteroatoms. The van der Waals surface area contributed by atoms with Gasteiger partial charge in [-0.15, -0.1) is 0 Å². The monoisotopic (exact) mass is 415 g/mol. The number of nitrogens with one attached hydrogen (secondary N) is 2. The lowest BCUT2D eigenvalue weighted by molar-refractivity contribution is 0.494. The van der Waals surface area contributed by atoms with Crippen molar-refractivity contribution in [3.63, 3.8) is 0 Å². The van der Waals surface area contributed by atoms with Crippen LogP contribution in [0.3, 0.4) is 0 Å². The molecule has 2 aromatic heterocycles. The molecule has 6 rings (SSSR count). The van der Waals surface area contributed by atoms with Crippen LogP contribution in [-0.2, 0) is 19.9 Å². The van der Waals surface area contributed by atoms with Gasteiger partial charge in [0.25, 0.3) is 5.56 Å². The number of rotatable bonds is 3. The minimum absolute atomic E-state index is 0.182. The molecular weight excluding hydrogens is 382 g/mol. The Balaban J connectivity index is 1.49. The van der Waals surface area contributed by atoms with E-state index in [9.17, 15) is 4.79 Å². The topological polar surface area (TPSA) is 49.8 Å². The maximum absolute atomic E-state index is 12.7. The molecule has 3 aromatic rings. The largest absolute Gasteiger partial charge is 0.354 e. The van der Waals surface area contributed by atoms with Crippen LogP contribution in [0.25, 0.3) is 22.2 Å². The first-order valence-electron chi connectivity index (χ1n) is 12.1. The molecule has 162 valence electrons. The van der Waals surface area contributed by atoms with Crippen LogP contribution in [0.5, 0.6) is 0 Å². The quantitative estimate of drug-likeness (QED) is 0.642. The number of aromatic nitrogens is 2. The molecule has 1 saturated heterocycles. The van der Waals surface area contributed by atoms with Crippen molar-refractivity contribution in [1.29, 1.82) is 0 Å². The average molecular weight is 416 g/mol. The summed E-state index contributed by atoms with van der Waals surface area (Å²) in [6.07, 6.45) is 7.72. The van der Waals surface area contributed by atoms with Gasteiger partial charge in [0, 0.05) is 35.3 Å². The Morgan fingerprint density at radius 1 is 1.06 bits per heavy atom. The number of aromatic amines is 1. The highest BCUT2D eigenvalue weighted by Crippen LogP contribution is 2.46. The Hall–Kier alpha value is -2.33. The number of pyridine rings is 1. The summed E-state index contributed by atoms with van der Waals surface area (Å²) >= 11 is 0. The second-order valence-electron chi connectivity index (χ2n) is 10.5. The van der Waals surface area contributed by atoms with E-state index in [0.29, 0.717) is 11.8 Å². The summed E-state index contributed by atoms with van der Waals surface area (Å²) in [6, 6.07) is 7.14. The van der Waals surface area contributed by atoms with Gasteiger partial charge in [0.05, 0.1) is 5.69 Å². The zero-order valence-electron chi connectivity index (χ0n) is 18.9. The van der Waals surface area contributed by atoms with Gasteiger partial charge < -0.3 is 14.9 Å². The van der Waals surface area contributed by atoms with E-state index in [1.54, 1.807) is 4.57 Å². The van der Waals surface area contributed by atoms with Gasteiger partial charge in [0.15, 0.2) is 0 Å². The summed E-state index contributed by atoms with van der Waals surface area (Å²) < 4.78 is 1.78. The summed E-state index contributed by atoms with van der Waals surface area (Å²) in [5.74, 6) is 2.84. The van der Waals surface area contributed by atoms with Crippen molar-refractivity contribution in [2.45, 2.75) is 57.8 Å². The average Bonchev–Trinajstić information content (AvgIpc) is 3.51. The summed E-state index contributed by atoms with van der Waals surface area (Å²) in [7, 11) is 1.89. The van der Waals surface area contributed by atoms with Crippen molar-refractivity contribution < 1.29 is 0 Å². The van der Waals surface area contributed by atoms with Crippen molar-refractivity contribution in [3.8, 4) is 11.3 Å². The number of hydrogen-bond acceptors (Lipinski definition) is 2. The van der Waals surface area contributed by atoms with Crippen LogP contribution >= 0.6 is 0 Å². The zero-order valence-corrected chi connectivity index (χ0v) is 18.9. The number of aryl methyl sites for hydroxylation is 1. The Bertz CT molecular complexity index is 1220. The summed E-state index contributed by atoms with van der Waals surface area (Å²) in [6.45, 7) is 7.00. The first-order chi connectivity index (χ1) is 15.0. The van der Waals surface area contributed by atoms with Crippen LogP contribution in [0.15, 0.2) is 29.2 Å².